The molecule has 2 heterocycles. The molecule has 1 aromatic carbocycles. The topological polar surface area (TPSA) is 88.3 Å². The summed E-state index contributed by atoms with van der Waals surface area (Å²) in [5, 5.41) is 17.7. The number of halogens is 1. The molecule has 0 aliphatic carbocycles. The van der Waals surface area contributed by atoms with E-state index in [0.29, 0.717) is 18.7 Å². The van der Waals surface area contributed by atoms with Gasteiger partial charge in [-0.15, -0.1) is 5.10 Å². The first-order valence-corrected chi connectivity index (χ1v) is 8.04. The second-order valence-corrected chi connectivity index (χ2v) is 6.59. The number of nitrogens with zero attached hydrogens (tertiary/aromatic N) is 4. The Kier molecular flexibility index (Phi) is 4.28. The third kappa shape index (κ3) is 2.99. The largest absolute Gasteiger partial charge is 0.481 e. The van der Waals surface area contributed by atoms with Crippen molar-refractivity contribution in [2.24, 2.45) is 11.3 Å². The first kappa shape index (κ1) is 17.1. The van der Waals surface area contributed by atoms with E-state index in [-0.39, 0.29) is 29.9 Å². The predicted octanol–water partition coefficient (Wildman–Crippen LogP) is 1.98. The van der Waals surface area contributed by atoms with Gasteiger partial charge in [-0.2, -0.15) is 9.90 Å². The van der Waals surface area contributed by atoms with Gasteiger partial charge in [-0.1, -0.05) is 13.8 Å². The van der Waals surface area contributed by atoms with Crippen LogP contribution in [0, 0.1) is 17.2 Å². The molecular weight excluding hydrogens is 327 g/mol. The van der Waals surface area contributed by atoms with Crippen LogP contribution in [-0.4, -0.2) is 50.0 Å². The lowest BCUT2D eigenvalue weighted by molar-refractivity contribution is -0.150. The Labute approximate surface area is 144 Å². The fraction of sp³-hybridized carbons (Fsp3) is 0.412. The molecule has 0 spiro atoms. The molecule has 7 nitrogen and oxygen atoms in total. The summed E-state index contributed by atoms with van der Waals surface area (Å²) in [5.74, 6) is -1.69. The maximum Gasteiger partial charge on any atom is 0.311 e. The van der Waals surface area contributed by atoms with Gasteiger partial charge in [0.05, 0.1) is 17.3 Å². The number of carbonyl (C=O) groups excluding carboxylic acids is 1. The van der Waals surface area contributed by atoms with E-state index >= 15 is 0 Å². The minimum absolute atomic E-state index is 0.0855. The van der Waals surface area contributed by atoms with Gasteiger partial charge in [0.25, 0.3) is 5.91 Å². The van der Waals surface area contributed by atoms with E-state index in [9.17, 15) is 19.1 Å². The molecule has 1 aliphatic rings. The van der Waals surface area contributed by atoms with Crippen LogP contribution in [-0.2, 0) is 4.79 Å². The molecule has 1 aliphatic heterocycles. The number of carboxylic acids is 1. The van der Waals surface area contributed by atoms with Crippen LogP contribution in [0.4, 0.5) is 4.39 Å². The van der Waals surface area contributed by atoms with E-state index in [1.165, 1.54) is 40.2 Å². The summed E-state index contributed by atoms with van der Waals surface area (Å²) in [7, 11) is 0. The average molecular weight is 346 g/mol. The molecule has 1 amide bonds. The Balaban J connectivity index is 1.79. The van der Waals surface area contributed by atoms with Crippen LogP contribution in [0.1, 0.15) is 30.8 Å². The smallest absolute Gasteiger partial charge is 0.311 e. The van der Waals surface area contributed by atoms with Crippen LogP contribution in [0.25, 0.3) is 5.69 Å². The third-order valence-corrected chi connectivity index (χ3v) is 4.89. The van der Waals surface area contributed by atoms with Gasteiger partial charge in [-0.3, -0.25) is 9.59 Å². The van der Waals surface area contributed by atoms with Crippen molar-refractivity contribution in [3.05, 3.63) is 42.0 Å². The zero-order valence-corrected chi connectivity index (χ0v) is 14.0. The fourth-order valence-electron chi connectivity index (χ4n) is 3.12. The van der Waals surface area contributed by atoms with Crippen molar-refractivity contribution in [3.8, 4) is 5.69 Å². The molecule has 1 saturated heterocycles. The third-order valence-electron chi connectivity index (χ3n) is 4.89. The van der Waals surface area contributed by atoms with Crippen molar-refractivity contribution in [1.82, 2.24) is 19.9 Å². The number of benzene rings is 1. The highest BCUT2D eigenvalue weighted by Gasteiger charge is 2.48. The van der Waals surface area contributed by atoms with Gasteiger partial charge in [0.1, 0.15) is 5.82 Å². The van der Waals surface area contributed by atoms with Gasteiger partial charge in [0.15, 0.2) is 5.69 Å². The lowest BCUT2D eigenvalue weighted by Gasteiger charge is -2.28. The minimum Gasteiger partial charge on any atom is -0.481 e. The number of hydrogen-bond acceptors (Lipinski definition) is 4. The van der Waals surface area contributed by atoms with Crippen molar-refractivity contribution < 1.29 is 19.1 Å². The molecule has 132 valence electrons. The monoisotopic (exact) mass is 346 g/mol. The number of hydrogen-bond donors (Lipinski definition) is 1. The molecule has 1 unspecified atom stereocenters. The zero-order valence-electron chi connectivity index (χ0n) is 14.0. The normalized spacial score (nSPS) is 20.2. The van der Waals surface area contributed by atoms with Gasteiger partial charge in [-0.25, -0.2) is 4.39 Å². The van der Waals surface area contributed by atoms with Gasteiger partial charge >= 0.3 is 5.97 Å². The summed E-state index contributed by atoms with van der Waals surface area (Å²) in [4.78, 5) is 27.1. The Hall–Kier alpha value is -2.77. The fourth-order valence-corrected chi connectivity index (χ4v) is 3.12. The summed E-state index contributed by atoms with van der Waals surface area (Å²) in [5.41, 5.74) is -0.263. The van der Waals surface area contributed by atoms with Crippen molar-refractivity contribution >= 4 is 11.9 Å². The number of likely N-dealkylation sites (tertiary alicyclic amines) is 1. The van der Waals surface area contributed by atoms with Crippen LogP contribution >= 0.6 is 0 Å². The predicted molar refractivity (Wildman–Crippen MR) is 86.7 cm³/mol. The highest BCUT2D eigenvalue weighted by molar-refractivity contribution is 5.93. The Bertz CT molecular complexity index is 802. The van der Waals surface area contributed by atoms with Gasteiger partial charge in [-0.05, 0) is 36.6 Å². The van der Waals surface area contributed by atoms with Gasteiger partial charge < -0.3 is 10.0 Å². The van der Waals surface area contributed by atoms with Crippen molar-refractivity contribution in [2.75, 3.05) is 13.1 Å². The lowest BCUT2D eigenvalue weighted by Crippen LogP contribution is -2.40. The second-order valence-electron chi connectivity index (χ2n) is 6.59. The minimum atomic E-state index is -0.928. The first-order chi connectivity index (χ1) is 11.8. The Morgan fingerprint density at radius 1 is 1.28 bits per heavy atom. The molecule has 8 heteroatoms. The second kappa shape index (κ2) is 6.27. The number of carbonyl (C=O) groups is 2. The van der Waals surface area contributed by atoms with E-state index in [2.05, 4.69) is 10.2 Å². The molecule has 1 N–H and O–H groups in total. The summed E-state index contributed by atoms with van der Waals surface area (Å²) in [6, 6.07) is 5.58. The van der Waals surface area contributed by atoms with Crippen molar-refractivity contribution in [2.45, 2.75) is 20.3 Å². The summed E-state index contributed by atoms with van der Waals surface area (Å²) >= 11 is 0. The molecule has 0 bridgehead atoms. The van der Waals surface area contributed by atoms with Crippen LogP contribution in [0.3, 0.4) is 0 Å². The standard InChI is InChI=1S/C17H19FN4O3/c1-11(2)17(16(24)25)7-8-21(10-17)15(23)14-9-19-22(20-14)13-5-3-12(18)4-6-13/h3-6,9,11H,7-8,10H2,1-2H3,(H,24,25). The van der Waals surface area contributed by atoms with E-state index < -0.39 is 11.4 Å². The quantitative estimate of drug-likeness (QED) is 0.914. The highest BCUT2D eigenvalue weighted by atomic mass is 19.1. The lowest BCUT2D eigenvalue weighted by atomic mass is 9.76. The molecule has 1 aromatic heterocycles. The maximum atomic E-state index is 13.0. The maximum absolute atomic E-state index is 13.0. The first-order valence-electron chi connectivity index (χ1n) is 8.04. The number of aromatic nitrogens is 3. The molecule has 3 rings (SSSR count). The van der Waals surface area contributed by atoms with E-state index in [4.69, 9.17) is 0 Å². The molecule has 0 radical (unpaired) electrons. The van der Waals surface area contributed by atoms with Gasteiger partial charge in [0.2, 0.25) is 0 Å². The van der Waals surface area contributed by atoms with E-state index in [0.717, 1.165) is 0 Å². The van der Waals surface area contributed by atoms with Gasteiger partial charge in [0, 0.05) is 13.1 Å². The van der Waals surface area contributed by atoms with Crippen molar-refractivity contribution in [1.29, 1.82) is 0 Å². The molecule has 0 saturated carbocycles. The number of aliphatic carboxylic acids is 1. The molecule has 1 atom stereocenters. The number of amides is 1. The van der Waals surface area contributed by atoms with E-state index in [1.54, 1.807) is 0 Å². The van der Waals surface area contributed by atoms with E-state index in [1.807, 2.05) is 13.8 Å². The average Bonchev–Trinajstić information content (AvgIpc) is 3.23. The zero-order chi connectivity index (χ0) is 18.2. The number of carboxylic acid groups (broad SMARTS) is 1. The van der Waals surface area contributed by atoms with Crippen LogP contribution < -0.4 is 0 Å². The molecule has 25 heavy (non-hydrogen) atoms. The van der Waals surface area contributed by atoms with Crippen molar-refractivity contribution in [3.63, 3.8) is 0 Å². The molecule has 1 fully saturated rings. The molecule has 2 aromatic rings. The molecular formula is C17H19FN4O3. The Morgan fingerprint density at radius 3 is 2.52 bits per heavy atom. The number of rotatable bonds is 4. The Morgan fingerprint density at radius 2 is 1.96 bits per heavy atom. The highest BCUT2D eigenvalue weighted by Crippen LogP contribution is 2.38. The van der Waals surface area contributed by atoms with Crippen LogP contribution in [0.2, 0.25) is 0 Å². The summed E-state index contributed by atoms with van der Waals surface area (Å²) < 4.78 is 13.0. The SMILES string of the molecule is CC(C)C1(C(=O)O)CCN(C(=O)c2cnn(-c3ccc(F)cc3)n2)C1. The summed E-state index contributed by atoms with van der Waals surface area (Å²) in [6.07, 6.45) is 1.75. The van der Waals surface area contributed by atoms with Crippen LogP contribution in [0.15, 0.2) is 30.5 Å². The van der Waals surface area contributed by atoms with Crippen LogP contribution in [0.5, 0.6) is 0 Å². The summed E-state index contributed by atoms with van der Waals surface area (Å²) in [6.45, 7) is 4.23.